The van der Waals surface area contributed by atoms with Gasteiger partial charge >= 0.3 is 0 Å². The third-order valence-corrected chi connectivity index (χ3v) is 8.30. The van der Waals surface area contributed by atoms with Gasteiger partial charge in [0, 0.05) is 23.4 Å². The first kappa shape index (κ1) is 21.1. The molecule has 0 bridgehead atoms. The zero-order chi connectivity index (χ0) is 21.0. The first-order chi connectivity index (χ1) is 15.2. The van der Waals surface area contributed by atoms with Gasteiger partial charge in [-0.2, -0.15) is 0 Å². The van der Waals surface area contributed by atoms with Crippen molar-refractivity contribution in [2.75, 3.05) is 19.6 Å². The van der Waals surface area contributed by atoms with Gasteiger partial charge < -0.3 is 14.6 Å². The number of furan rings is 1. The molecule has 2 aromatic rings. The molecule has 1 aliphatic heterocycles. The van der Waals surface area contributed by atoms with Crippen LogP contribution in [0.1, 0.15) is 82.1 Å². The predicted octanol–water partition coefficient (Wildman–Crippen LogP) is 5.87. The lowest BCUT2D eigenvalue weighted by atomic mass is 9.82. The molecular formula is C27H38N2O2. The zero-order valence-electron chi connectivity index (χ0n) is 18.9. The molecular weight excluding hydrogens is 384 g/mol. The number of carbonyl (C=O) groups excluding carboxylic acids is 1. The van der Waals surface area contributed by atoms with Crippen LogP contribution in [0.3, 0.4) is 0 Å². The Morgan fingerprint density at radius 1 is 0.968 bits per heavy atom. The van der Waals surface area contributed by atoms with Crippen LogP contribution in [0, 0.1) is 11.8 Å². The van der Waals surface area contributed by atoms with Gasteiger partial charge in [-0.15, -0.1) is 0 Å². The summed E-state index contributed by atoms with van der Waals surface area (Å²) in [5, 5.41) is 4.62. The number of carbonyl (C=O) groups is 1. The summed E-state index contributed by atoms with van der Waals surface area (Å²) in [6.07, 6.45) is 15.3. The number of nitrogens with one attached hydrogen (secondary N) is 1. The van der Waals surface area contributed by atoms with Crippen molar-refractivity contribution in [3.8, 4) is 0 Å². The lowest BCUT2D eigenvalue weighted by Gasteiger charge is -2.34. The highest BCUT2D eigenvalue weighted by Gasteiger charge is 2.27. The second-order valence-corrected chi connectivity index (χ2v) is 10.4. The van der Waals surface area contributed by atoms with Crippen LogP contribution in [0.4, 0.5) is 0 Å². The molecule has 1 saturated heterocycles. The highest BCUT2D eigenvalue weighted by molar-refractivity contribution is 5.81. The second kappa shape index (κ2) is 9.77. The Labute approximate surface area is 186 Å². The Morgan fingerprint density at radius 3 is 2.48 bits per heavy atom. The minimum atomic E-state index is 0.307. The number of hydrogen-bond donors (Lipinski definition) is 1. The van der Waals surface area contributed by atoms with Crippen molar-refractivity contribution in [3.05, 3.63) is 36.1 Å². The Hall–Kier alpha value is -1.81. The SMILES string of the molecule is O=C(CC1CCC1)N[C@H]1CC[C@H](CCN2CCC(c3coc4ccccc34)CC2)CC1. The first-order valence-electron chi connectivity index (χ1n) is 12.7. The summed E-state index contributed by atoms with van der Waals surface area (Å²) in [7, 11) is 0. The summed E-state index contributed by atoms with van der Waals surface area (Å²) in [5.74, 6) is 2.46. The largest absolute Gasteiger partial charge is 0.464 e. The molecule has 1 amide bonds. The van der Waals surface area contributed by atoms with Crippen LogP contribution < -0.4 is 5.32 Å². The van der Waals surface area contributed by atoms with Gasteiger partial charge in [-0.3, -0.25) is 4.79 Å². The molecule has 4 nitrogen and oxygen atoms in total. The molecule has 0 spiro atoms. The maximum absolute atomic E-state index is 12.2. The molecule has 0 atom stereocenters. The average Bonchev–Trinajstić information content (AvgIpc) is 3.20. The van der Waals surface area contributed by atoms with Gasteiger partial charge in [0.15, 0.2) is 0 Å². The molecule has 5 rings (SSSR count). The van der Waals surface area contributed by atoms with Crippen LogP contribution in [-0.2, 0) is 4.79 Å². The number of hydrogen-bond acceptors (Lipinski definition) is 3. The number of rotatable bonds is 7. The van der Waals surface area contributed by atoms with E-state index in [0.717, 1.165) is 17.9 Å². The molecule has 4 heteroatoms. The fraction of sp³-hybridized carbons (Fsp3) is 0.667. The number of para-hydroxylation sites is 1. The zero-order valence-corrected chi connectivity index (χ0v) is 18.9. The summed E-state index contributed by atoms with van der Waals surface area (Å²) >= 11 is 0. The number of likely N-dealkylation sites (tertiary alicyclic amines) is 1. The van der Waals surface area contributed by atoms with Crippen LogP contribution in [-0.4, -0.2) is 36.5 Å². The summed E-state index contributed by atoms with van der Waals surface area (Å²) in [5.41, 5.74) is 2.43. The van der Waals surface area contributed by atoms with E-state index in [1.54, 1.807) is 0 Å². The molecule has 1 aromatic heterocycles. The normalized spacial score (nSPS) is 26.1. The van der Waals surface area contributed by atoms with Crippen molar-refractivity contribution < 1.29 is 9.21 Å². The van der Waals surface area contributed by atoms with E-state index in [1.807, 2.05) is 6.26 Å². The molecule has 31 heavy (non-hydrogen) atoms. The van der Waals surface area contributed by atoms with Crippen LogP contribution in [0.5, 0.6) is 0 Å². The predicted molar refractivity (Wildman–Crippen MR) is 125 cm³/mol. The number of benzene rings is 1. The fourth-order valence-corrected chi connectivity index (χ4v) is 5.99. The Balaban J connectivity index is 1.00. The van der Waals surface area contributed by atoms with Crippen molar-refractivity contribution in [1.29, 1.82) is 0 Å². The van der Waals surface area contributed by atoms with Crippen molar-refractivity contribution in [1.82, 2.24) is 10.2 Å². The monoisotopic (exact) mass is 422 g/mol. The van der Waals surface area contributed by atoms with Crippen LogP contribution in [0.2, 0.25) is 0 Å². The number of piperidine rings is 1. The molecule has 3 fully saturated rings. The third kappa shape index (κ3) is 5.16. The van der Waals surface area contributed by atoms with Crippen LogP contribution in [0.25, 0.3) is 11.0 Å². The van der Waals surface area contributed by atoms with E-state index in [2.05, 4.69) is 34.5 Å². The molecule has 1 N–H and O–H groups in total. The van der Waals surface area contributed by atoms with E-state index >= 15 is 0 Å². The minimum Gasteiger partial charge on any atom is -0.464 e. The highest BCUT2D eigenvalue weighted by atomic mass is 16.3. The summed E-state index contributed by atoms with van der Waals surface area (Å²) in [4.78, 5) is 14.9. The summed E-state index contributed by atoms with van der Waals surface area (Å²) in [6, 6.07) is 8.87. The van der Waals surface area contributed by atoms with Crippen molar-refractivity contribution in [2.45, 2.75) is 82.6 Å². The third-order valence-electron chi connectivity index (χ3n) is 8.30. The van der Waals surface area contributed by atoms with E-state index in [9.17, 15) is 4.79 Å². The number of nitrogens with zero attached hydrogens (tertiary/aromatic N) is 1. The number of fused-ring (bicyclic) bond motifs is 1. The van der Waals surface area contributed by atoms with Crippen molar-refractivity contribution in [2.24, 2.45) is 11.8 Å². The standard InChI is InChI=1S/C27H38N2O2/c30-27(18-21-4-3-5-21)28-23-10-8-20(9-11-23)12-15-29-16-13-22(14-17-29)25-19-31-26-7-2-1-6-24(25)26/h1-2,6-7,19-23H,3-5,8-18H2,(H,28,30)/t20-,23-. The summed E-state index contributed by atoms with van der Waals surface area (Å²) in [6.45, 7) is 3.65. The Kier molecular flexibility index (Phi) is 6.64. The molecule has 0 radical (unpaired) electrons. The maximum atomic E-state index is 12.2. The van der Waals surface area contributed by atoms with Crippen molar-refractivity contribution in [3.63, 3.8) is 0 Å². The quantitative estimate of drug-likeness (QED) is 0.607. The Bertz CT molecular complexity index is 855. The van der Waals surface area contributed by atoms with Gasteiger partial charge in [0.25, 0.3) is 0 Å². The molecule has 0 unspecified atom stereocenters. The second-order valence-electron chi connectivity index (χ2n) is 10.4. The minimum absolute atomic E-state index is 0.307. The molecule has 1 aromatic carbocycles. The highest BCUT2D eigenvalue weighted by Crippen LogP contribution is 2.35. The average molecular weight is 423 g/mol. The summed E-state index contributed by atoms with van der Waals surface area (Å²) < 4.78 is 5.78. The van der Waals surface area contributed by atoms with E-state index in [-0.39, 0.29) is 0 Å². The molecule has 2 heterocycles. The van der Waals surface area contributed by atoms with Gasteiger partial charge in [-0.05, 0) is 101 Å². The molecule has 168 valence electrons. The molecule has 2 aliphatic carbocycles. The van der Waals surface area contributed by atoms with E-state index in [4.69, 9.17) is 4.42 Å². The maximum Gasteiger partial charge on any atom is 0.220 e. The lowest BCUT2D eigenvalue weighted by molar-refractivity contribution is -0.123. The van der Waals surface area contributed by atoms with Gasteiger partial charge in [0.1, 0.15) is 5.58 Å². The molecule has 3 aliphatic rings. The first-order valence-corrected chi connectivity index (χ1v) is 12.7. The lowest BCUT2D eigenvalue weighted by Crippen LogP contribution is -2.39. The van der Waals surface area contributed by atoms with E-state index < -0.39 is 0 Å². The smallest absolute Gasteiger partial charge is 0.220 e. The van der Waals surface area contributed by atoms with Crippen LogP contribution in [0.15, 0.2) is 34.9 Å². The fourth-order valence-electron chi connectivity index (χ4n) is 5.99. The Morgan fingerprint density at radius 2 is 1.74 bits per heavy atom. The topological polar surface area (TPSA) is 45.5 Å². The van der Waals surface area contributed by atoms with E-state index in [0.29, 0.717) is 23.8 Å². The van der Waals surface area contributed by atoms with E-state index in [1.165, 1.54) is 94.8 Å². The van der Waals surface area contributed by atoms with Gasteiger partial charge in [-0.1, -0.05) is 24.6 Å². The number of amides is 1. The van der Waals surface area contributed by atoms with Gasteiger partial charge in [-0.25, -0.2) is 0 Å². The van der Waals surface area contributed by atoms with Gasteiger partial charge in [0.05, 0.1) is 6.26 Å². The van der Waals surface area contributed by atoms with Crippen LogP contribution >= 0.6 is 0 Å². The van der Waals surface area contributed by atoms with Crippen molar-refractivity contribution >= 4 is 16.9 Å². The van der Waals surface area contributed by atoms with Gasteiger partial charge in [0.2, 0.25) is 5.91 Å². The molecule has 2 saturated carbocycles.